The predicted molar refractivity (Wildman–Crippen MR) is 102 cm³/mol. The molecule has 2 aromatic carbocycles. The second-order valence-electron chi connectivity index (χ2n) is 6.08. The number of anilines is 4. The number of aryl methyl sites for hydroxylation is 3. The van der Waals surface area contributed by atoms with E-state index in [0.29, 0.717) is 5.95 Å². The number of rotatable bonds is 5. The van der Waals surface area contributed by atoms with Crippen LogP contribution in [0.3, 0.4) is 0 Å². The standard InChI is InChI=1S/C19H19N5O2/c1-12-6-4-8-15(10-12)21-18-17(24(25)26)14(3)20-19(23-18)22-16-9-5-7-13(2)11-16/h4-11H,1-3H3,(H2,20,21,22,23). The molecule has 7 heteroatoms. The van der Waals surface area contributed by atoms with Gasteiger partial charge in [0.25, 0.3) is 0 Å². The summed E-state index contributed by atoms with van der Waals surface area (Å²) in [4.78, 5) is 19.6. The molecule has 0 saturated heterocycles. The second kappa shape index (κ2) is 7.18. The van der Waals surface area contributed by atoms with Crippen molar-refractivity contribution in [2.45, 2.75) is 20.8 Å². The average molecular weight is 349 g/mol. The fraction of sp³-hybridized carbons (Fsp3) is 0.158. The quantitative estimate of drug-likeness (QED) is 0.508. The third-order valence-electron chi connectivity index (χ3n) is 3.80. The second-order valence-corrected chi connectivity index (χ2v) is 6.08. The number of hydrogen-bond acceptors (Lipinski definition) is 6. The minimum atomic E-state index is -0.468. The van der Waals surface area contributed by atoms with Crippen molar-refractivity contribution in [3.63, 3.8) is 0 Å². The van der Waals surface area contributed by atoms with Gasteiger partial charge in [-0.15, -0.1) is 0 Å². The number of benzene rings is 2. The molecule has 0 bridgehead atoms. The van der Waals surface area contributed by atoms with Crippen LogP contribution >= 0.6 is 0 Å². The Bertz CT molecular complexity index is 972. The van der Waals surface area contributed by atoms with Crippen LogP contribution in [-0.4, -0.2) is 14.9 Å². The van der Waals surface area contributed by atoms with Crippen LogP contribution in [0.2, 0.25) is 0 Å². The van der Waals surface area contributed by atoms with Gasteiger partial charge in [0.05, 0.1) is 4.92 Å². The molecule has 0 atom stereocenters. The first-order valence-corrected chi connectivity index (χ1v) is 8.13. The lowest BCUT2D eigenvalue weighted by atomic mass is 10.2. The van der Waals surface area contributed by atoms with Crippen LogP contribution in [0.15, 0.2) is 48.5 Å². The molecule has 1 aromatic heterocycles. The average Bonchev–Trinajstić information content (AvgIpc) is 2.54. The zero-order valence-corrected chi connectivity index (χ0v) is 14.8. The summed E-state index contributed by atoms with van der Waals surface area (Å²) < 4.78 is 0. The molecule has 3 aromatic rings. The van der Waals surface area contributed by atoms with Crippen LogP contribution in [-0.2, 0) is 0 Å². The van der Waals surface area contributed by atoms with Gasteiger partial charge in [0, 0.05) is 11.4 Å². The van der Waals surface area contributed by atoms with E-state index in [1.807, 2.05) is 62.4 Å². The zero-order chi connectivity index (χ0) is 18.7. The fourth-order valence-corrected chi connectivity index (χ4v) is 2.64. The molecule has 0 aliphatic heterocycles. The molecule has 26 heavy (non-hydrogen) atoms. The van der Waals surface area contributed by atoms with E-state index in [0.717, 1.165) is 22.5 Å². The minimum absolute atomic E-state index is 0.138. The summed E-state index contributed by atoms with van der Waals surface area (Å²) in [5, 5.41) is 17.6. The molecule has 0 saturated carbocycles. The Balaban J connectivity index is 2.00. The Labute approximate surface area is 151 Å². The van der Waals surface area contributed by atoms with Gasteiger partial charge < -0.3 is 10.6 Å². The Morgan fingerprint density at radius 3 is 2.00 bits per heavy atom. The molecular weight excluding hydrogens is 330 g/mol. The van der Waals surface area contributed by atoms with Crippen LogP contribution < -0.4 is 10.6 Å². The summed E-state index contributed by atoms with van der Waals surface area (Å²) in [7, 11) is 0. The molecule has 0 unspecified atom stereocenters. The Morgan fingerprint density at radius 2 is 1.46 bits per heavy atom. The fourth-order valence-electron chi connectivity index (χ4n) is 2.64. The smallest absolute Gasteiger partial charge is 0.332 e. The number of hydrogen-bond donors (Lipinski definition) is 2. The number of nitrogens with one attached hydrogen (secondary N) is 2. The molecule has 7 nitrogen and oxygen atoms in total. The van der Waals surface area contributed by atoms with Crippen molar-refractivity contribution in [2.24, 2.45) is 0 Å². The van der Waals surface area contributed by atoms with Crippen molar-refractivity contribution in [1.29, 1.82) is 0 Å². The molecule has 3 rings (SSSR count). The summed E-state index contributed by atoms with van der Waals surface area (Å²) in [5.41, 5.74) is 3.83. The van der Waals surface area contributed by atoms with E-state index in [4.69, 9.17) is 0 Å². The molecule has 0 fully saturated rings. The van der Waals surface area contributed by atoms with E-state index >= 15 is 0 Å². The lowest BCUT2D eigenvalue weighted by Gasteiger charge is -2.11. The van der Waals surface area contributed by atoms with Crippen molar-refractivity contribution >= 4 is 28.8 Å². The van der Waals surface area contributed by atoms with Crippen molar-refractivity contribution in [3.05, 3.63) is 75.5 Å². The van der Waals surface area contributed by atoms with Crippen LogP contribution in [0.1, 0.15) is 16.8 Å². The van der Waals surface area contributed by atoms with Gasteiger partial charge in [-0.1, -0.05) is 24.3 Å². The van der Waals surface area contributed by atoms with Crippen molar-refractivity contribution < 1.29 is 4.92 Å². The van der Waals surface area contributed by atoms with E-state index < -0.39 is 4.92 Å². The van der Waals surface area contributed by atoms with Gasteiger partial charge >= 0.3 is 5.69 Å². The highest BCUT2D eigenvalue weighted by Gasteiger charge is 2.22. The van der Waals surface area contributed by atoms with Gasteiger partial charge in [-0.3, -0.25) is 10.1 Å². The number of nitro groups is 1. The monoisotopic (exact) mass is 349 g/mol. The maximum atomic E-state index is 11.5. The summed E-state index contributed by atoms with van der Waals surface area (Å²) in [6.07, 6.45) is 0. The van der Waals surface area contributed by atoms with Crippen LogP contribution in [0, 0.1) is 30.9 Å². The number of aromatic nitrogens is 2. The van der Waals surface area contributed by atoms with Gasteiger partial charge in [-0.2, -0.15) is 4.98 Å². The Morgan fingerprint density at radius 1 is 0.885 bits per heavy atom. The lowest BCUT2D eigenvalue weighted by molar-refractivity contribution is -0.385. The highest BCUT2D eigenvalue weighted by Crippen LogP contribution is 2.30. The Hall–Kier alpha value is -3.48. The van der Waals surface area contributed by atoms with E-state index in [1.54, 1.807) is 6.92 Å². The highest BCUT2D eigenvalue weighted by molar-refractivity contribution is 5.69. The predicted octanol–water partition coefficient (Wildman–Crippen LogP) is 4.80. The summed E-state index contributed by atoms with van der Waals surface area (Å²) in [5.74, 6) is 0.456. The molecular formula is C19H19N5O2. The van der Waals surface area contributed by atoms with Gasteiger partial charge in [-0.25, -0.2) is 4.98 Å². The first kappa shape index (κ1) is 17.3. The highest BCUT2D eigenvalue weighted by atomic mass is 16.6. The summed E-state index contributed by atoms with van der Waals surface area (Å²) >= 11 is 0. The van der Waals surface area contributed by atoms with E-state index in [9.17, 15) is 10.1 Å². The third kappa shape index (κ3) is 3.94. The topological polar surface area (TPSA) is 93.0 Å². The number of nitrogens with zero attached hydrogens (tertiary/aromatic N) is 3. The molecule has 0 aliphatic rings. The molecule has 2 N–H and O–H groups in total. The van der Waals surface area contributed by atoms with Crippen LogP contribution in [0.4, 0.5) is 28.8 Å². The molecule has 0 aliphatic carbocycles. The lowest BCUT2D eigenvalue weighted by Crippen LogP contribution is -2.07. The summed E-state index contributed by atoms with van der Waals surface area (Å²) in [6.45, 7) is 5.54. The first-order valence-electron chi connectivity index (χ1n) is 8.13. The SMILES string of the molecule is Cc1cccc(Nc2nc(C)c([N+](=O)[O-])c(Nc3cccc(C)c3)n2)c1. The van der Waals surface area contributed by atoms with E-state index in [1.165, 1.54) is 0 Å². The largest absolute Gasteiger partial charge is 0.334 e. The van der Waals surface area contributed by atoms with Crippen LogP contribution in [0.25, 0.3) is 0 Å². The molecule has 132 valence electrons. The van der Waals surface area contributed by atoms with Crippen molar-refractivity contribution in [2.75, 3.05) is 10.6 Å². The third-order valence-corrected chi connectivity index (χ3v) is 3.80. The van der Waals surface area contributed by atoms with Gasteiger partial charge in [0.2, 0.25) is 11.8 Å². The van der Waals surface area contributed by atoms with Crippen molar-refractivity contribution in [1.82, 2.24) is 9.97 Å². The van der Waals surface area contributed by atoms with Gasteiger partial charge in [0.15, 0.2) is 0 Å². The molecule has 0 amide bonds. The van der Waals surface area contributed by atoms with Gasteiger partial charge in [0.1, 0.15) is 5.69 Å². The Kier molecular flexibility index (Phi) is 4.79. The molecule has 1 heterocycles. The maximum Gasteiger partial charge on any atom is 0.332 e. The van der Waals surface area contributed by atoms with Gasteiger partial charge in [-0.05, 0) is 56.2 Å². The molecule has 0 radical (unpaired) electrons. The first-order chi connectivity index (χ1) is 12.4. The minimum Gasteiger partial charge on any atom is -0.334 e. The van der Waals surface area contributed by atoms with E-state index in [2.05, 4.69) is 20.6 Å². The normalized spacial score (nSPS) is 10.4. The molecule has 0 spiro atoms. The zero-order valence-electron chi connectivity index (χ0n) is 14.8. The van der Waals surface area contributed by atoms with Crippen LogP contribution in [0.5, 0.6) is 0 Å². The maximum absolute atomic E-state index is 11.5. The van der Waals surface area contributed by atoms with E-state index in [-0.39, 0.29) is 17.2 Å². The van der Waals surface area contributed by atoms with Crippen molar-refractivity contribution in [3.8, 4) is 0 Å². The summed E-state index contributed by atoms with van der Waals surface area (Å²) in [6, 6.07) is 15.3.